The van der Waals surface area contributed by atoms with Crippen molar-refractivity contribution in [3.63, 3.8) is 0 Å². The maximum absolute atomic E-state index is 12.4. The van der Waals surface area contributed by atoms with Gasteiger partial charge in [0.25, 0.3) is 5.91 Å². The average Bonchev–Trinajstić information content (AvgIpc) is 2.70. The molecule has 21 heavy (non-hydrogen) atoms. The summed E-state index contributed by atoms with van der Waals surface area (Å²) >= 11 is 12.2. The molecule has 1 fully saturated rings. The van der Waals surface area contributed by atoms with Gasteiger partial charge in [-0.15, -0.1) is 0 Å². The molecule has 1 saturated heterocycles. The lowest BCUT2D eigenvalue weighted by Gasteiger charge is -2.26. The van der Waals surface area contributed by atoms with Gasteiger partial charge in [0.05, 0.1) is 16.9 Å². The van der Waals surface area contributed by atoms with Crippen molar-refractivity contribution in [2.45, 2.75) is 19.4 Å². The van der Waals surface area contributed by atoms with E-state index < -0.39 is 17.9 Å². The van der Waals surface area contributed by atoms with Gasteiger partial charge in [-0.25, -0.2) is 0 Å². The van der Waals surface area contributed by atoms with Crippen molar-refractivity contribution >= 4 is 57.9 Å². The second kappa shape index (κ2) is 6.60. The number of thioether (sulfide) groups is 1. The molecule has 1 atom stereocenters. The fraction of sp³-hybridized carbons (Fsp3) is 0.214. The van der Waals surface area contributed by atoms with Gasteiger partial charge in [-0.2, -0.15) is 0 Å². The van der Waals surface area contributed by atoms with E-state index in [2.05, 4.69) is 0 Å². The Bertz CT molecular complexity index is 645. The zero-order valence-corrected chi connectivity index (χ0v) is 13.4. The summed E-state index contributed by atoms with van der Waals surface area (Å²) in [4.78, 5) is 24.9. The van der Waals surface area contributed by atoms with E-state index in [4.69, 9.17) is 23.8 Å². The summed E-state index contributed by atoms with van der Waals surface area (Å²) in [5, 5.41) is 11.6. The van der Waals surface area contributed by atoms with Crippen molar-refractivity contribution in [2.75, 3.05) is 0 Å². The number of rotatable bonds is 4. The fourth-order valence-corrected chi connectivity index (χ4v) is 3.47. The molecule has 1 aromatic carbocycles. The zero-order valence-electron chi connectivity index (χ0n) is 11.0. The van der Waals surface area contributed by atoms with Crippen molar-refractivity contribution in [3.05, 3.63) is 39.8 Å². The number of nitrogens with zero attached hydrogens (tertiary/aromatic N) is 1. The summed E-state index contributed by atoms with van der Waals surface area (Å²) in [6, 6.07) is 6.02. The number of carboxylic acid groups (broad SMARTS) is 1. The Morgan fingerprint density at radius 3 is 2.76 bits per heavy atom. The lowest BCUT2D eigenvalue weighted by molar-refractivity contribution is -0.310. The number of amides is 1. The van der Waals surface area contributed by atoms with Crippen LogP contribution >= 0.6 is 35.6 Å². The van der Waals surface area contributed by atoms with Crippen molar-refractivity contribution in [1.82, 2.24) is 4.90 Å². The molecule has 0 aliphatic carbocycles. The van der Waals surface area contributed by atoms with Gasteiger partial charge in [0, 0.05) is 5.02 Å². The van der Waals surface area contributed by atoms with E-state index in [1.54, 1.807) is 37.3 Å². The maximum Gasteiger partial charge on any atom is 0.266 e. The first-order valence-corrected chi connectivity index (χ1v) is 7.78. The second-order valence-corrected chi connectivity index (χ2v) is 6.40. The van der Waals surface area contributed by atoms with E-state index in [0.29, 0.717) is 15.5 Å². The van der Waals surface area contributed by atoms with E-state index in [1.807, 2.05) is 0 Å². The summed E-state index contributed by atoms with van der Waals surface area (Å²) in [6.07, 6.45) is 1.85. The highest BCUT2D eigenvalue weighted by molar-refractivity contribution is 8.26. The molecule has 4 nitrogen and oxygen atoms in total. The minimum absolute atomic E-state index is 0.217. The van der Waals surface area contributed by atoms with Gasteiger partial charge in [0.15, 0.2) is 0 Å². The van der Waals surface area contributed by atoms with Gasteiger partial charge < -0.3 is 9.90 Å². The third-order valence-corrected chi connectivity index (χ3v) is 4.66. The van der Waals surface area contributed by atoms with Crippen molar-refractivity contribution < 1.29 is 14.7 Å². The Kier molecular flexibility index (Phi) is 5.03. The molecule has 0 spiro atoms. The van der Waals surface area contributed by atoms with Crippen LogP contribution in [0.15, 0.2) is 29.2 Å². The van der Waals surface area contributed by atoms with Crippen LogP contribution in [0, 0.1) is 0 Å². The molecule has 0 N–H and O–H groups in total. The molecule has 1 heterocycles. The van der Waals surface area contributed by atoms with E-state index >= 15 is 0 Å². The van der Waals surface area contributed by atoms with E-state index in [-0.39, 0.29) is 10.7 Å². The molecule has 1 amide bonds. The number of carbonyl (C=O) groups excluding carboxylic acids is 2. The van der Waals surface area contributed by atoms with E-state index in [0.717, 1.165) is 16.7 Å². The highest BCUT2D eigenvalue weighted by Gasteiger charge is 2.37. The molecule has 0 radical (unpaired) electrons. The average molecular weight is 341 g/mol. The molecular weight excluding hydrogens is 330 g/mol. The molecule has 7 heteroatoms. The predicted molar refractivity (Wildman–Crippen MR) is 85.6 cm³/mol. The number of halogens is 1. The zero-order chi connectivity index (χ0) is 15.6. The highest BCUT2D eigenvalue weighted by atomic mass is 35.5. The van der Waals surface area contributed by atoms with Crippen LogP contribution < -0.4 is 5.11 Å². The van der Waals surface area contributed by atoms with Crippen LogP contribution in [0.25, 0.3) is 6.08 Å². The quantitative estimate of drug-likeness (QED) is 0.620. The van der Waals surface area contributed by atoms with Crippen molar-refractivity contribution in [1.29, 1.82) is 0 Å². The van der Waals surface area contributed by atoms with Crippen molar-refractivity contribution in [2.24, 2.45) is 0 Å². The Balaban J connectivity index is 2.34. The van der Waals surface area contributed by atoms with Gasteiger partial charge in [-0.3, -0.25) is 9.69 Å². The number of hydrogen-bond donors (Lipinski definition) is 0. The largest absolute Gasteiger partial charge is 0.548 e. The minimum atomic E-state index is -1.31. The van der Waals surface area contributed by atoms with Gasteiger partial charge in [0.1, 0.15) is 4.32 Å². The molecule has 110 valence electrons. The first-order valence-electron chi connectivity index (χ1n) is 6.18. The Morgan fingerprint density at radius 1 is 1.52 bits per heavy atom. The number of aliphatic carboxylic acids is 1. The number of carboxylic acids is 1. The van der Waals surface area contributed by atoms with Crippen LogP contribution in [0.5, 0.6) is 0 Å². The molecule has 0 saturated carbocycles. The first-order chi connectivity index (χ1) is 9.95. The van der Waals surface area contributed by atoms with Crippen LogP contribution in [0.3, 0.4) is 0 Å². The smallest absolute Gasteiger partial charge is 0.266 e. The molecule has 0 unspecified atom stereocenters. The number of thiocarbonyl (C=S) groups is 1. The monoisotopic (exact) mass is 340 g/mol. The van der Waals surface area contributed by atoms with Gasteiger partial charge >= 0.3 is 0 Å². The molecule has 0 bridgehead atoms. The molecule has 1 aliphatic rings. The van der Waals surface area contributed by atoms with Gasteiger partial charge in [-0.05, 0) is 24.1 Å². The summed E-state index contributed by atoms with van der Waals surface area (Å²) in [5.41, 5.74) is 0.682. The maximum atomic E-state index is 12.4. The molecule has 1 aromatic rings. The Labute approximate surface area is 136 Å². The number of hydrogen-bond acceptors (Lipinski definition) is 5. The van der Waals surface area contributed by atoms with Crippen LogP contribution in [-0.2, 0) is 9.59 Å². The Hall–Kier alpha value is -1.37. The Morgan fingerprint density at radius 2 is 2.19 bits per heavy atom. The van der Waals surface area contributed by atoms with Gasteiger partial charge in [0.2, 0.25) is 0 Å². The molecular formula is C14H11ClNO3S2-. The van der Waals surface area contributed by atoms with E-state index in [1.165, 1.54) is 0 Å². The summed E-state index contributed by atoms with van der Waals surface area (Å²) < 4.78 is 0.217. The van der Waals surface area contributed by atoms with Crippen LogP contribution in [-0.4, -0.2) is 27.1 Å². The molecule has 1 aliphatic heterocycles. The highest BCUT2D eigenvalue weighted by Crippen LogP contribution is 2.35. The topological polar surface area (TPSA) is 60.4 Å². The normalized spacial score (nSPS) is 18.4. The predicted octanol–water partition coefficient (Wildman–Crippen LogP) is 2.07. The van der Waals surface area contributed by atoms with Crippen LogP contribution in [0.4, 0.5) is 0 Å². The molecule has 2 rings (SSSR count). The fourth-order valence-electron chi connectivity index (χ4n) is 1.94. The number of carbonyl (C=O) groups is 2. The molecule has 0 aromatic heterocycles. The van der Waals surface area contributed by atoms with Crippen LogP contribution in [0.1, 0.15) is 18.9 Å². The van der Waals surface area contributed by atoms with E-state index in [9.17, 15) is 14.7 Å². The third-order valence-electron chi connectivity index (χ3n) is 2.99. The van der Waals surface area contributed by atoms with Crippen LogP contribution in [0.2, 0.25) is 5.02 Å². The first kappa shape index (κ1) is 16.0. The summed E-state index contributed by atoms with van der Waals surface area (Å²) in [6.45, 7) is 1.66. The lowest BCUT2D eigenvalue weighted by atomic mass is 10.2. The lowest BCUT2D eigenvalue weighted by Crippen LogP contribution is -2.49. The number of benzene rings is 1. The second-order valence-electron chi connectivity index (χ2n) is 4.32. The SMILES string of the molecule is CC[C@H](C(=O)[O-])N1C(=O)/C(=C/c2ccccc2Cl)SC1=S. The standard InChI is InChI=1S/C14H12ClNO3S2/c1-2-10(13(18)19)16-12(17)11(21-14(16)20)7-8-5-3-4-6-9(8)15/h3-7,10H,2H2,1H3,(H,18,19)/p-1/b11-7-/t10-/m1/s1. The summed E-state index contributed by atoms with van der Waals surface area (Å²) in [5.74, 6) is -1.74. The van der Waals surface area contributed by atoms with Gasteiger partial charge in [-0.1, -0.05) is 60.7 Å². The van der Waals surface area contributed by atoms with Crippen molar-refractivity contribution in [3.8, 4) is 0 Å². The summed E-state index contributed by atoms with van der Waals surface area (Å²) in [7, 11) is 0. The third kappa shape index (κ3) is 3.28. The minimum Gasteiger partial charge on any atom is -0.548 e.